The Labute approximate surface area is 198 Å². The van der Waals surface area contributed by atoms with Crippen LogP contribution in [0.2, 0.25) is 0 Å². The summed E-state index contributed by atoms with van der Waals surface area (Å²) < 4.78 is 0. The summed E-state index contributed by atoms with van der Waals surface area (Å²) in [6.45, 7) is 0. The fourth-order valence-electron chi connectivity index (χ4n) is 3.31. The highest BCUT2D eigenvalue weighted by molar-refractivity contribution is 5.75. The van der Waals surface area contributed by atoms with E-state index >= 15 is 0 Å². The molecular formula is C30H22N2O2. The van der Waals surface area contributed by atoms with Crippen molar-refractivity contribution in [2.45, 2.75) is 0 Å². The number of nitroso groups, excluding NO2 is 2. The van der Waals surface area contributed by atoms with Gasteiger partial charge in [-0.1, -0.05) is 109 Å². The third-order valence-corrected chi connectivity index (χ3v) is 5.27. The minimum atomic E-state index is 0.430. The molecule has 0 saturated heterocycles. The number of rotatable bonds is 8. The third-order valence-electron chi connectivity index (χ3n) is 5.27. The van der Waals surface area contributed by atoms with Gasteiger partial charge in [-0.15, -0.1) is 9.81 Å². The quantitative estimate of drug-likeness (QED) is 0.202. The summed E-state index contributed by atoms with van der Waals surface area (Å²) in [5.74, 6) is 0. The molecule has 0 bridgehead atoms. The Kier molecular flexibility index (Phi) is 7.44. The summed E-state index contributed by atoms with van der Waals surface area (Å²) in [5, 5.41) is 5.83. The van der Waals surface area contributed by atoms with Crippen molar-refractivity contribution in [3.63, 3.8) is 0 Å². The normalized spacial score (nSPS) is 11.4. The van der Waals surface area contributed by atoms with Crippen LogP contribution in [0.1, 0.15) is 33.4 Å². The van der Waals surface area contributed by atoms with Crippen LogP contribution in [0.5, 0.6) is 0 Å². The van der Waals surface area contributed by atoms with E-state index in [1.165, 1.54) is 0 Å². The summed E-state index contributed by atoms with van der Waals surface area (Å²) in [4.78, 5) is 21.0. The molecule has 4 heteroatoms. The van der Waals surface area contributed by atoms with E-state index in [1.54, 1.807) is 24.3 Å². The molecule has 0 N–H and O–H groups in total. The van der Waals surface area contributed by atoms with Gasteiger partial charge in [-0.25, -0.2) is 0 Å². The molecule has 34 heavy (non-hydrogen) atoms. The van der Waals surface area contributed by atoms with Gasteiger partial charge in [0.05, 0.1) is 0 Å². The molecule has 0 saturated carbocycles. The fraction of sp³-hybridized carbons (Fsp3) is 0. The standard InChI is InChI=1S/C30H22N2O2/c33-31-29-19-15-27(16-20-29)13-11-25-7-3-23(4-8-25)1-2-24-5-9-26(10-6-24)12-14-28-17-21-30(32-34)22-18-28/h1-22H. The molecule has 0 radical (unpaired) electrons. The second-order valence-corrected chi connectivity index (χ2v) is 7.70. The van der Waals surface area contributed by atoms with Gasteiger partial charge in [0.15, 0.2) is 0 Å². The minimum absolute atomic E-state index is 0.430. The highest BCUT2D eigenvalue weighted by Crippen LogP contribution is 2.17. The summed E-state index contributed by atoms with van der Waals surface area (Å²) >= 11 is 0. The molecule has 0 aliphatic carbocycles. The lowest BCUT2D eigenvalue weighted by Gasteiger charge is -1.99. The van der Waals surface area contributed by atoms with E-state index in [0.29, 0.717) is 11.4 Å². The lowest BCUT2D eigenvalue weighted by Crippen LogP contribution is -1.77. The van der Waals surface area contributed by atoms with Crippen LogP contribution in [0.3, 0.4) is 0 Å². The van der Waals surface area contributed by atoms with Gasteiger partial charge in [0.25, 0.3) is 0 Å². The summed E-state index contributed by atoms with van der Waals surface area (Å²) in [6.07, 6.45) is 12.3. The van der Waals surface area contributed by atoms with Crippen molar-refractivity contribution in [1.29, 1.82) is 0 Å². The van der Waals surface area contributed by atoms with Crippen molar-refractivity contribution in [3.8, 4) is 0 Å². The zero-order valence-electron chi connectivity index (χ0n) is 18.4. The first-order valence-electron chi connectivity index (χ1n) is 10.8. The van der Waals surface area contributed by atoms with Crippen molar-refractivity contribution in [3.05, 3.63) is 140 Å². The molecule has 4 rings (SSSR count). The number of nitrogens with zero attached hydrogens (tertiary/aromatic N) is 2. The Morgan fingerprint density at radius 2 is 0.500 bits per heavy atom. The molecule has 4 aromatic rings. The van der Waals surface area contributed by atoms with Crippen LogP contribution in [0.4, 0.5) is 11.4 Å². The van der Waals surface area contributed by atoms with Gasteiger partial charge in [0.1, 0.15) is 11.4 Å². The van der Waals surface area contributed by atoms with Crippen molar-refractivity contribution < 1.29 is 0 Å². The fourth-order valence-corrected chi connectivity index (χ4v) is 3.31. The Morgan fingerprint density at radius 3 is 0.676 bits per heavy atom. The van der Waals surface area contributed by atoms with Gasteiger partial charge in [-0.05, 0) is 68.0 Å². The van der Waals surface area contributed by atoms with Crippen molar-refractivity contribution in [2.75, 3.05) is 0 Å². The van der Waals surface area contributed by atoms with Gasteiger partial charge in [-0.3, -0.25) is 0 Å². The molecule has 0 heterocycles. The number of benzene rings is 4. The van der Waals surface area contributed by atoms with Crippen LogP contribution >= 0.6 is 0 Å². The van der Waals surface area contributed by atoms with Gasteiger partial charge >= 0.3 is 0 Å². The number of hydrogen-bond donors (Lipinski definition) is 0. The van der Waals surface area contributed by atoms with Crippen molar-refractivity contribution >= 4 is 47.8 Å². The third kappa shape index (κ3) is 6.40. The van der Waals surface area contributed by atoms with Crippen LogP contribution in [-0.4, -0.2) is 0 Å². The molecule has 0 aromatic heterocycles. The molecule has 0 aliphatic heterocycles. The van der Waals surface area contributed by atoms with E-state index in [-0.39, 0.29) is 0 Å². The molecular weight excluding hydrogens is 420 g/mol. The van der Waals surface area contributed by atoms with E-state index in [9.17, 15) is 9.81 Å². The van der Waals surface area contributed by atoms with Crippen LogP contribution in [0, 0.1) is 9.81 Å². The zero-order valence-corrected chi connectivity index (χ0v) is 18.4. The largest absolute Gasteiger partial charge is 0.145 e. The van der Waals surface area contributed by atoms with E-state index in [1.807, 2.05) is 48.6 Å². The van der Waals surface area contributed by atoms with Gasteiger partial charge in [0.2, 0.25) is 0 Å². The van der Waals surface area contributed by atoms with Crippen molar-refractivity contribution in [2.24, 2.45) is 10.4 Å². The van der Waals surface area contributed by atoms with Crippen LogP contribution in [-0.2, 0) is 0 Å². The zero-order chi connectivity index (χ0) is 23.6. The number of hydrogen-bond acceptors (Lipinski definition) is 4. The first-order valence-corrected chi connectivity index (χ1v) is 10.8. The van der Waals surface area contributed by atoms with Crippen LogP contribution in [0.15, 0.2) is 107 Å². The Hall–Kier alpha value is -4.70. The Bertz CT molecular complexity index is 1220. The van der Waals surface area contributed by atoms with Gasteiger partial charge in [-0.2, -0.15) is 0 Å². The lowest BCUT2D eigenvalue weighted by molar-refractivity contribution is 1.49. The monoisotopic (exact) mass is 442 g/mol. The van der Waals surface area contributed by atoms with E-state index in [4.69, 9.17) is 0 Å². The molecule has 0 atom stereocenters. The second-order valence-electron chi connectivity index (χ2n) is 7.70. The maximum Gasteiger partial charge on any atom is 0.108 e. The highest BCUT2D eigenvalue weighted by atomic mass is 16.3. The predicted octanol–water partition coefficient (Wildman–Crippen LogP) is 8.99. The predicted molar refractivity (Wildman–Crippen MR) is 143 cm³/mol. The summed E-state index contributed by atoms with van der Waals surface area (Å²) in [5.41, 5.74) is 7.34. The highest BCUT2D eigenvalue weighted by Gasteiger charge is 1.94. The van der Waals surface area contributed by atoms with E-state index < -0.39 is 0 Å². The molecule has 0 fully saturated rings. The molecule has 0 unspecified atom stereocenters. The minimum Gasteiger partial charge on any atom is -0.145 e. The Morgan fingerprint density at radius 1 is 0.324 bits per heavy atom. The van der Waals surface area contributed by atoms with Crippen LogP contribution < -0.4 is 0 Å². The smallest absolute Gasteiger partial charge is 0.108 e. The van der Waals surface area contributed by atoms with Gasteiger partial charge in [0, 0.05) is 0 Å². The second kappa shape index (κ2) is 11.2. The molecule has 164 valence electrons. The van der Waals surface area contributed by atoms with E-state index in [2.05, 4.69) is 71.0 Å². The Balaban J connectivity index is 1.34. The molecule has 0 spiro atoms. The average Bonchev–Trinajstić information content (AvgIpc) is 2.91. The van der Waals surface area contributed by atoms with Gasteiger partial charge < -0.3 is 0 Å². The van der Waals surface area contributed by atoms with Crippen molar-refractivity contribution in [1.82, 2.24) is 0 Å². The first kappa shape index (κ1) is 22.5. The molecule has 0 aliphatic rings. The lowest BCUT2D eigenvalue weighted by atomic mass is 10.1. The average molecular weight is 443 g/mol. The molecule has 4 aromatic carbocycles. The summed E-state index contributed by atoms with van der Waals surface area (Å²) in [7, 11) is 0. The van der Waals surface area contributed by atoms with E-state index in [0.717, 1.165) is 33.4 Å². The first-order chi connectivity index (χ1) is 16.7. The molecule has 0 amide bonds. The summed E-state index contributed by atoms with van der Waals surface area (Å²) in [6, 6.07) is 30.9. The topological polar surface area (TPSA) is 58.9 Å². The van der Waals surface area contributed by atoms with Crippen LogP contribution in [0.25, 0.3) is 36.5 Å². The maximum absolute atomic E-state index is 10.5. The molecule has 4 nitrogen and oxygen atoms in total. The SMILES string of the molecule is O=Nc1ccc(C=Cc2ccc(C=Cc3ccc(C=Cc4ccc(N=O)cc4)cc3)cc2)cc1. The maximum atomic E-state index is 10.5.